The lowest BCUT2D eigenvalue weighted by molar-refractivity contribution is -0.0895. The van der Waals surface area contributed by atoms with Gasteiger partial charge >= 0.3 is 0 Å². The SMILES string of the molecule is COc1ccc(/C(=C(\c2ccc(OC)cc2)c2ccc(C3OC(C)(C)C(C)(C)O3)cc2)c2ccccc2)cc1. The molecule has 1 aliphatic rings. The van der Waals surface area contributed by atoms with Gasteiger partial charge in [0.05, 0.1) is 25.4 Å². The van der Waals surface area contributed by atoms with Crippen LogP contribution < -0.4 is 9.47 Å². The Kier molecular flexibility index (Phi) is 7.35. The van der Waals surface area contributed by atoms with Crippen molar-refractivity contribution in [3.05, 3.63) is 131 Å². The maximum absolute atomic E-state index is 6.31. The standard InChI is InChI=1S/C35H36O4/c1-34(2)35(3,4)39-33(38-34)28-14-12-25(13-15-28)32(27-18-22-30(37-6)23-19-27)31(24-10-8-7-9-11-24)26-16-20-29(36-5)21-17-26/h7-23,33H,1-6H3/b32-31-. The first-order chi connectivity index (χ1) is 18.7. The molecule has 0 atom stereocenters. The average Bonchev–Trinajstić information content (AvgIpc) is 3.18. The van der Waals surface area contributed by atoms with E-state index in [1.807, 2.05) is 30.3 Å². The number of rotatable bonds is 7. The third-order valence-corrected chi connectivity index (χ3v) is 7.79. The van der Waals surface area contributed by atoms with Gasteiger partial charge in [0, 0.05) is 5.56 Å². The lowest BCUT2D eigenvalue weighted by Gasteiger charge is -2.30. The predicted molar refractivity (Wildman–Crippen MR) is 157 cm³/mol. The molecule has 1 saturated heterocycles. The highest BCUT2D eigenvalue weighted by atomic mass is 16.7. The fourth-order valence-electron chi connectivity index (χ4n) is 4.82. The molecule has 1 aliphatic heterocycles. The van der Waals surface area contributed by atoms with Gasteiger partial charge in [-0.2, -0.15) is 0 Å². The van der Waals surface area contributed by atoms with Crippen LogP contribution in [0.2, 0.25) is 0 Å². The molecule has 0 saturated carbocycles. The van der Waals surface area contributed by atoms with Crippen molar-refractivity contribution in [2.45, 2.75) is 45.2 Å². The van der Waals surface area contributed by atoms with Crippen molar-refractivity contribution in [2.75, 3.05) is 14.2 Å². The predicted octanol–water partition coefficient (Wildman–Crippen LogP) is 8.31. The van der Waals surface area contributed by atoms with E-state index in [4.69, 9.17) is 18.9 Å². The number of hydrogen-bond donors (Lipinski definition) is 0. The molecule has 4 nitrogen and oxygen atoms in total. The quantitative estimate of drug-likeness (QED) is 0.230. The third kappa shape index (κ3) is 5.36. The van der Waals surface area contributed by atoms with Gasteiger partial charge in [-0.25, -0.2) is 0 Å². The Hall–Kier alpha value is -3.86. The Bertz CT molecular complexity index is 1420. The summed E-state index contributed by atoms with van der Waals surface area (Å²) in [4.78, 5) is 0. The van der Waals surface area contributed by atoms with E-state index >= 15 is 0 Å². The summed E-state index contributed by atoms with van der Waals surface area (Å²) < 4.78 is 23.5. The van der Waals surface area contributed by atoms with E-state index in [1.54, 1.807) is 14.2 Å². The lowest BCUT2D eigenvalue weighted by atomic mass is 9.85. The van der Waals surface area contributed by atoms with Crippen LogP contribution in [0.1, 0.15) is 61.8 Å². The van der Waals surface area contributed by atoms with Crippen molar-refractivity contribution in [1.29, 1.82) is 0 Å². The molecule has 0 unspecified atom stereocenters. The molecule has 5 rings (SSSR count). The second kappa shape index (κ2) is 10.7. The molecule has 0 N–H and O–H groups in total. The number of ether oxygens (including phenoxy) is 4. The Morgan fingerprint density at radius 3 is 1.26 bits per heavy atom. The van der Waals surface area contributed by atoms with Crippen LogP contribution in [0.25, 0.3) is 11.1 Å². The largest absolute Gasteiger partial charge is 0.497 e. The molecule has 0 spiro atoms. The van der Waals surface area contributed by atoms with Gasteiger partial charge in [0.25, 0.3) is 0 Å². The maximum Gasteiger partial charge on any atom is 0.185 e. The minimum Gasteiger partial charge on any atom is -0.497 e. The van der Waals surface area contributed by atoms with Gasteiger partial charge in [-0.15, -0.1) is 0 Å². The summed E-state index contributed by atoms with van der Waals surface area (Å²) in [5, 5.41) is 0. The van der Waals surface area contributed by atoms with Crippen molar-refractivity contribution in [2.24, 2.45) is 0 Å². The molecule has 1 fully saturated rings. The summed E-state index contributed by atoms with van der Waals surface area (Å²) in [6, 6.07) is 35.5. The van der Waals surface area contributed by atoms with Gasteiger partial charge in [0.2, 0.25) is 0 Å². The topological polar surface area (TPSA) is 36.9 Å². The zero-order valence-corrected chi connectivity index (χ0v) is 23.5. The van der Waals surface area contributed by atoms with Crippen molar-refractivity contribution >= 4 is 11.1 Å². The van der Waals surface area contributed by atoms with E-state index in [-0.39, 0.29) is 11.2 Å². The van der Waals surface area contributed by atoms with Crippen LogP contribution in [-0.2, 0) is 9.47 Å². The van der Waals surface area contributed by atoms with Crippen molar-refractivity contribution < 1.29 is 18.9 Å². The van der Waals surface area contributed by atoms with E-state index in [2.05, 4.69) is 100 Å². The van der Waals surface area contributed by atoms with Gasteiger partial charge < -0.3 is 18.9 Å². The zero-order valence-electron chi connectivity index (χ0n) is 23.5. The van der Waals surface area contributed by atoms with Gasteiger partial charge in [0.15, 0.2) is 6.29 Å². The van der Waals surface area contributed by atoms with E-state index in [1.165, 1.54) is 0 Å². The van der Waals surface area contributed by atoms with Crippen LogP contribution in [0.3, 0.4) is 0 Å². The van der Waals surface area contributed by atoms with Gasteiger partial charge in [-0.3, -0.25) is 0 Å². The van der Waals surface area contributed by atoms with E-state index in [0.29, 0.717) is 0 Å². The highest BCUT2D eigenvalue weighted by Gasteiger charge is 2.49. The molecule has 0 bridgehead atoms. The minimum atomic E-state index is -0.410. The van der Waals surface area contributed by atoms with Crippen LogP contribution in [0.4, 0.5) is 0 Å². The second-order valence-electron chi connectivity index (χ2n) is 10.8. The molecule has 4 aromatic carbocycles. The molecular formula is C35H36O4. The van der Waals surface area contributed by atoms with Gasteiger partial charge in [0.1, 0.15) is 11.5 Å². The minimum absolute atomic E-state index is 0.390. The zero-order chi connectivity index (χ0) is 27.6. The van der Waals surface area contributed by atoms with Crippen molar-refractivity contribution in [3.63, 3.8) is 0 Å². The summed E-state index contributed by atoms with van der Waals surface area (Å²) in [5.74, 6) is 1.64. The summed E-state index contributed by atoms with van der Waals surface area (Å²) >= 11 is 0. The maximum atomic E-state index is 6.31. The molecule has 0 aromatic heterocycles. The lowest BCUT2D eigenvalue weighted by Crippen LogP contribution is -2.41. The normalized spacial score (nSPS) is 17.0. The molecule has 0 amide bonds. The van der Waals surface area contributed by atoms with Crippen molar-refractivity contribution in [1.82, 2.24) is 0 Å². The fraction of sp³-hybridized carbons (Fsp3) is 0.257. The molecule has 0 radical (unpaired) electrons. The monoisotopic (exact) mass is 520 g/mol. The van der Waals surface area contributed by atoms with Crippen LogP contribution in [0.5, 0.6) is 11.5 Å². The highest BCUT2D eigenvalue weighted by molar-refractivity contribution is 6.04. The average molecular weight is 521 g/mol. The molecular weight excluding hydrogens is 484 g/mol. The summed E-state index contributed by atoms with van der Waals surface area (Å²) in [7, 11) is 3.38. The van der Waals surface area contributed by atoms with Crippen LogP contribution in [-0.4, -0.2) is 25.4 Å². The molecule has 1 heterocycles. The summed E-state index contributed by atoms with van der Waals surface area (Å²) in [5.41, 5.74) is 6.88. The van der Waals surface area contributed by atoms with Gasteiger partial charge in [-0.05, 0) is 85.4 Å². The van der Waals surface area contributed by atoms with Crippen LogP contribution in [0.15, 0.2) is 103 Å². The van der Waals surface area contributed by atoms with E-state index in [0.717, 1.165) is 50.5 Å². The van der Waals surface area contributed by atoms with Crippen LogP contribution in [0, 0.1) is 0 Å². The van der Waals surface area contributed by atoms with Gasteiger partial charge in [-0.1, -0.05) is 78.9 Å². The summed E-state index contributed by atoms with van der Waals surface area (Å²) in [6.07, 6.45) is -0.410. The smallest absolute Gasteiger partial charge is 0.185 e. The Morgan fingerprint density at radius 2 is 0.872 bits per heavy atom. The van der Waals surface area contributed by atoms with E-state index in [9.17, 15) is 0 Å². The second-order valence-corrected chi connectivity index (χ2v) is 10.8. The highest BCUT2D eigenvalue weighted by Crippen LogP contribution is 2.45. The number of hydrogen-bond acceptors (Lipinski definition) is 4. The number of methoxy groups -OCH3 is 2. The first-order valence-corrected chi connectivity index (χ1v) is 13.3. The Morgan fingerprint density at radius 1 is 0.513 bits per heavy atom. The number of benzene rings is 4. The molecule has 200 valence electrons. The molecule has 0 aliphatic carbocycles. The molecule has 4 heteroatoms. The van der Waals surface area contributed by atoms with Crippen LogP contribution >= 0.6 is 0 Å². The first kappa shape index (κ1) is 26.7. The van der Waals surface area contributed by atoms with E-state index < -0.39 is 6.29 Å². The molecule has 39 heavy (non-hydrogen) atoms. The first-order valence-electron chi connectivity index (χ1n) is 13.3. The summed E-state index contributed by atoms with van der Waals surface area (Å²) in [6.45, 7) is 8.31. The Balaban J connectivity index is 1.68. The Labute approximate surface area is 231 Å². The van der Waals surface area contributed by atoms with Crippen molar-refractivity contribution in [3.8, 4) is 11.5 Å². The fourth-order valence-corrected chi connectivity index (χ4v) is 4.82. The third-order valence-electron chi connectivity index (χ3n) is 7.79. The molecule has 4 aromatic rings.